The molecule has 118 valence electrons. The number of nitrogens with one attached hydrogen (secondary N) is 1. The van der Waals surface area contributed by atoms with E-state index in [4.69, 9.17) is 5.73 Å². The van der Waals surface area contributed by atoms with Crippen LogP contribution in [0.2, 0.25) is 0 Å². The van der Waals surface area contributed by atoms with Crippen LogP contribution in [0, 0.1) is 5.92 Å². The average Bonchev–Trinajstić information content (AvgIpc) is 2.47. The predicted octanol–water partition coefficient (Wildman–Crippen LogP) is 2.38. The summed E-state index contributed by atoms with van der Waals surface area (Å²) >= 11 is 0. The van der Waals surface area contributed by atoms with Crippen LogP contribution in [0.4, 0.5) is 5.82 Å². The quantitative estimate of drug-likeness (QED) is 0.570. The standard InChI is InChI=1S/C16H29N5/c1-5-21(6-2)15-8-7-14(11-19-15)12-20-16(17)18-10-9-13(3)4/h7-8,11,13H,5-6,9-10,12H2,1-4H3,(H3,17,18,20). The van der Waals surface area contributed by atoms with Crippen LogP contribution in [0.25, 0.3) is 0 Å². The van der Waals surface area contributed by atoms with Crippen LogP contribution in [-0.4, -0.2) is 30.6 Å². The fraction of sp³-hybridized carbons (Fsp3) is 0.625. The van der Waals surface area contributed by atoms with Gasteiger partial charge in [0.25, 0.3) is 0 Å². The van der Waals surface area contributed by atoms with Crippen molar-refractivity contribution in [1.29, 1.82) is 0 Å². The summed E-state index contributed by atoms with van der Waals surface area (Å²) in [6, 6.07) is 4.10. The van der Waals surface area contributed by atoms with E-state index in [1.807, 2.05) is 12.3 Å². The van der Waals surface area contributed by atoms with Gasteiger partial charge >= 0.3 is 0 Å². The van der Waals surface area contributed by atoms with Gasteiger partial charge in [0.15, 0.2) is 5.96 Å². The highest BCUT2D eigenvalue weighted by atomic mass is 15.2. The van der Waals surface area contributed by atoms with Gasteiger partial charge < -0.3 is 16.0 Å². The van der Waals surface area contributed by atoms with Gasteiger partial charge in [-0.3, -0.25) is 0 Å². The van der Waals surface area contributed by atoms with E-state index < -0.39 is 0 Å². The fourth-order valence-electron chi connectivity index (χ4n) is 1.97. The largest absolute Gasteiger partial charge is 0.370 e. The molecule has 0 atom stereocenters. The van der Waals surface area contributed by atoms with Crippen LogP contribution in [0.15, 0.2) is 23.3 Å². The minimum absolute atomic E-state index is 0.503. The average molecular weight is 291 g/mol. The molecule has 0 amide bonds. The Morgan fingerprint density at radius 2 is 2.05 bits per heavy atom. The van der Waals surface area contributed by atoms with Gasteiger partial charge in [0, 0.05) is 25.8 Å². The first-order chi connectivity index (χ1) is 10.1. The molecule has 0 unspecified atom stereocenters. The van der Waals surface area contributed by atoms with Gasteiger partial charge in [-0.1, -0.05) is 19.9 Å². The monoisotopic (exact) mass is 291 g/mol. The number of nitrogens with two attached hydrogens (primary N) is 1. The topological polar surface area (TPSA) is 66.5 Å². The summed E-state index contributed by atoms with van der Waals surface area (Å²) in [4.78, 5) is 11.0. The molecule has 1 aromatic rings. The maximum atomic E-state index is 5.84. The maximum absolute atomic E-state index is 5.84. The Morgan fingerprint density at radius 1 is 1.33 bits per heavy atom. The lowest BCUT2D eigenvalue weighted by Crippen LogP contribution is -2.32. The van der Waals surface area contributed by atoms with E-state index >= 15 is 0 Å². The number of hydrogen-bond donors (Lipinski definition) is 2. The van der Waals surface area contributed by atoms with Crippen LogP contribution in [0.3, 0.4) is 0 Å². The molecule has 3 N–H and O–H groups in total. The Kier molecular flexibility index (Phi) is 7.58. The summed E-state index contributed by atoms with van der Waals surface area (Å²) in [7, 11) is 0. The third-order valence-corrected chi connectivity index (χ3v) is 3.36. The number of aromatic nitrogens is 1. The van der Waals surface area contributed by atoms with Crippen molar-refractivity contribution in [3.63, 3.8) is 0 Å². The number of nitrogens with zero attached hydrogens (tertiary/aromatic N) is 3. The van der Waals surface area contributed by atoms with Crippen molar-refractivity contribution in [2.45, 2.75) is 40.7 Å². The van der Waals surface area contributed by atoms with Gasteiger partial charge in [-0.2, -0.15) is 0 Å². The van der Waals surface area contributed by atoms with Crippen molar-refractivity contribution in [2.24, 2.45) is 16.6 Å². The van der Waals surface area contributed by atoms with Crippen molar-refractivity contribution >= 4 is 11.8 Å². The molecule has 0 radical (unpaired) electrons. The van der Waals surface area contributed by atoms with Gasteiger partial charge in [-0.25, -0.2) is 9.98 Å². The highest BCUT2D eigenvalue weighted by Gasteiger charge is 2.02. The van der Waals surface area contributed by atoms with Gasteiger partial charge in [0.05, 0.1) is 6.54 Å². The third kappa shape index (κ3) is 6.47. The molecule has 1 rings (SSSR count). The molecule has 0 fully saturated rings. The van der Waals surface area contributed by atoms with Crippen molar-refractivity contribution < 1.29 is 0 Å². The predicted molar refractivity (Wildman–Crippen MR) is 90.6 cm³/mol. The second-order valence-electron chi connectivity index (χ2n) is 5.51. The van der Waals surface area contributed by atoms with E-state index in [0.29, 0.717) is 18.4 Å². The summed E-state index contributed by atoms with van der Waals surface area (Å²) < 4.78 is 0. The first-order valence-corrected chi connectivity index (χ1v) is 7.80. The van der Waals surface area contributed by atoms with E-state index in [1.165, 1.54) is 0 Å². The number of guanidine groups is 1. The molecule has 0 saturated carbocycles. The first-order valence-electron chi connectivity index (χ1n) is 7.80. The smallest absolute Gasteiger partial charge is 0.188 e. The Balaban J connectivity index is 2.48. The molecule has 0 aliphatic carbocycles. The Morgan fingerprint density at radius 3 is 2.57 bits per heavy atom. The molecule has 5 nitrogen and oxygen atoms in total. The Bertz CT molecular complexity index is 421. The second kappa shape index (κ2) is 9.21. The van der Waals surface area contributed by atoms with Crippen LogP contribution in [-0.2, 0) is 6.54 Å². The maximum Gasteiger partial charge on any atom is 0.188 e. The fourth-order valence-corrected chi connectivity index (χ4v) is 1.97. The van der Waals surface area contributed by atoms with Crippen LogP contribution >= 0.6 is 0 Å². The van der Waals surface area contributed by atoms with Crippen molar-refractivity contribution in [3.05, 3.63) is 23.9 Å². The summed E-state index contributed by atoms with van der Waals surface area (Å²) in [5.41, 5.74) is 6.91. The number of anilines is 1. The molecule has 0 bridgehead atoms. The van der Waals surface area contributed by atoms with E-state index in [2.05, 4.69) is 54.0 Å². The van der Waals surface area contributed by atoms with Gasteiger partial charge in [0.2, 0.25) is 0 Å². The Hall–Kier alpha value is -1.78. The summed E-state index contributed by atoms with van der Waals surface area (Å²) in [5, 5.41) is 3.13. The molecule has 5 heteroatoms. The summed E-state index contributed by atoms with van der Waals surface area (Å²) in [6.45, 7) is 12.0. The molecule has 1 aromatic heterocycles. The number of rotatable bonds is 8. The Labute approximate surface area is 128 Å². The third-order valence-electron chi connectivity index (χ3n) is 3.36. The molecular formula is C16H29N5. The number of hydrogen-bond acceptors (Lipinski definition) is 3. The first kappa shape index (κ1) is 17.3. The zero-order valence-corrected chi connectivity index (χ0v) is 13.8. The van der Waals surface area contributed by atoms with Gasteiger partial charge in [-0.15, -0.1) is 0 Å². The molecule has 0 saturated heterocycles. The minimum Gasteiger partial charge on any atom is -0.370 e. The molecule has 21 heavy (non-hydrogen) atoms. The van der Waals surface area contributed by atoms with E-state index in [-0.39, 0.29) is 0 Å². The van der Waals surface area contributed by atoms with E-state index in [1.54, 1.807) is 0 Å². The molecule has 0 aliphatic heterocycles. The molecule has 1 heterocycles. The van der Waals surface area contributed by atoms with Gasteiger partial charge in [-0.05, 0) is 37.8 Å². The van der Waals surface area contributed by atoms with Crippen molar-refractivity contribution in [2.75, 3.05) is 24.5 Å². The molecular weight excluding hydrogens is 262 g/mol. The lowest BCUT2D eigenvalue weighted by molar-refractivity contribution is 0.576. The molecule has 0 spiro atoms. The van der Waals surface area contributed by atoms with E-state index in [9.17, 15) is 0 Å². The normalized spacial score (nSPS) is 11.8. The van der Waals surface area contributed by atoms with Crippen LogP contribution in [0.1, 0.15) is 39.7 Å². The zero-order chi connectivity index (χ0) is 15.7. The lowest BCUT2D eigenvalue weighted by atomic mass is 10.1. The van der Waals surface area contributed by atoms with Gasteiger partial charge in [0.1, 0.15) is 5.82 Å². The highest BCUT2D eigenvalue weighted by molar-refractivity contribution is 5.77. The molecule has 0 aromatic carbocycles. The van der Waals surface area contributed by atoms with Crippen molar-refractivity contribution in [3.8, 4) is 0 Å². The summed E-state index contributed by atoms with van der Waals surface area (Å²) in [6.07, 6.45) is 2.97. The lowest BCUT2D eigenvalue weighted by Gasteiger charge is -2.19. The summed E-state index contributed by atoms with van der Waals surface area (Å²) in [5.74, 6) is 2.18. The number of pyridine rings is 1. The highest BCUT2D eigenvalue weighted by Crippen LogP contribution is 2.11. The SMILES string of the molecule is CCN(CC)c1ccc(CN=C(N)NCCC(C)C)cn1. The second-order valence-corrected chi connectivity index (χ2v) is 5.51. The van der Waals surface area contributed by atoms with Crippen LogP contribution < -0.4 is 16.0 Å². The molecule has 0 aliphatic rings. The number of aliphatic imine (C=N–C) groups is 1. The zero-order valence-electron chi connectivity index (χ0n) is 13.8. The van der Waals surface area contributed by atoms with Crippen LogP contribution in [0.5, 0.6) is 0 Å². The van der Waals surface area contributed by atoms with Crippen molar-refractivity contribution in [1.82, 2.24) is 10.3 Å². The minimum atomic E-state index is 0.503. The van der Waals surface area contributed by atoms with E-state index in [0.717, 1.165) is 37.4 Å².